The molecule has 0 saturated heterocycles. The fourth-order valence-corrected chi connectivity index (χ4v) is 5.65. The predicted octanol–water partition coefficient (Wildman–Crippen LogP) is 5.07. The Hall–Kier alpha value is -2.58. The zero-order valence-corrected chi connectivity index (χ0v) is 20.2. The molecule has 0 radical (unpaired) electrons. The van der Waals surface area contributed by atoms with Crippen LogP contribution in [0.4, 0.5) is 5.69 Å². The molecule has 0 aliphatic carbocycles. The van der Waals surface area contributed by atoms with Crippen LogP contribution in [0, 0.1) is 6.92 Å². The van der Waals surface area contributed by atoms with E-state index in [0.29, 0.717) is 30.2 Å². The summed E-state index contributed by atoms with van der Waals surface area (Å²) in [5.74, 6) is -0.150. The highest BCUT2D eigenvalue weighted by Crippen LogP contribution is 2.31. The number of nitrogens with zero attached hydrogens (tertiary/aromatic N) is 1. The topological polar surface area (TPSA) is 75.7 Å². The lowest BCUT2D eigenvalue weighted by Crippen LogP contribution is -2.35. The lowest BCUT2D eigenvalue weighted by molar-refractivity contribution is -0.118. The molecule has 6 nitrogen and oxygen atoms in total. The quantitative estimate of drug-likeness (QED) is 0.508. The number of benzene rings is 3. The molecule has 1 aliphatic rings. The number of carbonyl (C=O) groups is 1. The summed E-state index contributed by atoms with van der Waals surface area (Å²) in [6.07, 6.45) is 0.659. The second kappa shape index (κ2) is 9.73. The van der Waals surface area contributed by atoms with Crippen molar-refractivity contribution < 1.29 is 17.9 Å². The molecule has 9 heteroatoms. The SMILES string of the molecule is Cc1cc(Cl)ccc1NC(=O)COc1ccc(S(=O)(=O)N2CCc3ccccc3C2)cc1Cl. The first-order valence-electron chi connectivity index (χ1n) is 10.3. The van der Waals surface area contributed by atoms with Crippen LogP contribution in [0.1, 0.15) is 16.7 Å². The fourth-order valence-electron chi connectivity index (χ4n) is 3.68. The Bertz CT molecular complexity index is 1310. The highest BCUT2D eigenvalue weighted by atomic mass is 35.5. The van der Waals surface area contributed by atoms with Gasteiger partial charge in [-0.15, -0.1) is 0 Å². The lowest BCUT2D eigenvalue weighted by Gasteiger charge is -2.28. The molecule has 0 spiro atoms. The van der Waals surface area contributed by atoms with Gasteiger partial charge in [0.25, 0.3) is 5.91 Å². The Kier molecular flexibility index (Phi) is 6.95. The van der Waals surface area contributed by atoms with Gasteiger partial charge in [-0.25, -0.2) is 8.42 Å². The summed E-state index contributed by atoms with van der Waals surface area (Å²) in [7, 11) is -3.72. The van der Waals surface area contributed by atoms with Gasteiger partial charge in [-0.3, -0.25) is 4.79 Å². The summed E-state index contributed by atoms with van der Waals surface area (Å²) in [6.45, 7) is 2.27. The molecular weight excluding hydrogens is 483 g/mol. The van der Waals surface area contributed by atoms with E-state index in [1.54, 1.807) is 18.2 Å². The molecule has 0 bridgehead atoms. The number of hydrogen-bond donors (Lipinski definition) is 1. The third-order valence-electron chi connectivity index (χ3n) is 5.46. The summed E-state index contributed by atoms with van der Waals surface area (Å²) in [6, 6.07) is 17.2. The molecule has 1 aliphatic heterocycles. The average molecular weight is 505 g/mol. The van der Waals surface area contributed by atoms with Crippen LogP contribution in [0.5, 0.6) is 5.75 Å². The van der Waals surface area contributed by atoms with Crippen LogP contribution in [0.25, 0.3) is 0 Å². The van der Waals surface area contributed by atoms with Gasteiger partial charge >= 0.3 is 0 Å². The molecule has 0 aromatic heterocycles. The van der Waals surface area contributed by atoms with Crippen LogP contribution in [-0.4, -0.2) is 31.8 Å². The smallest absolute Gasteiger partial charge is 0.262 e. The highest BCUT2D eigenvalue weighted by molar-refractivity contribution is 7.89. The van der Waals surface area contributed by atoms with Crippen molar-refractivity contribution in [2.75, 3.05) is 18.5 Å². The van der Waals surface area contributed by atoms with Gasteiger partial charge in [0.2, 0.25) is 10.0 Å². The first-order chi connectivity index (χ1) is 15.7. The molecule has 1 heterocycles. The zero-order chi connectivity index (χ0) is 23.6. The normalized spacial score (nSPS) is 13.9. The molecule has 0 fully saturated rings. The van der Waals surface area contributed by atoms with Gasteiger partial charge in [-0.2, -0.15) is 4.31 Å². The van der Waals surface area contributed by atoms with E-state index in [4.69, 9.17) is 27.9 Å². The van der Waals surface area contributed by atoms with Gasteiger partial charge in [-0.1, -0.05) is 47.5 Å². The molecular formula is C24H22Cl2N2O4S. The van der Waals surface area contributed by atoms with Crippen molar-refractivity contribution in [2.24, 2.45) is 0 Å². The van der Waals surface area contributed by atoms with Gasteiger partial charge in [0, 0.05) is 23.8 Å². The van der Waals surface area contributed by atoms with Gasteiger partial charge < -0.3 is 10.1 Å². The van der Waals surface area contributed by atoms with Gasteiger partial charge in [-0.05, 0) is 66.4 Å². The number of amides is 1. The van der Waals surface area contributed by atoms with E-state index in [1.165, 1.54) is 22.5 Å². The maximum Gasteiger partial charge on any atom is 0.262 e. The number of ether oxygens (including phenoxy) is 1. The second-order valence-corrected chi connectivity index (χ2v) is 10.5. The lowest BCUT2D eigenvalue weighted by atomic mass is 10.0. The Morgan fingerprint density at radius 2 is 1.82 bits per heavy atom. The van der Waals surface area contributed by atoms with Crippen LogP contribution >= 0.6 is 23.2 Å². The second-order valence-electron chi connectivity index (χ2n) is 7.75. The predicted molar refractivity (Wildman–Crippen MR) is 130 cm³/mol. The van der Waals surface area contributed by atoms with Crippen LogP contribution in [0.3, 0.4) is 0 Å². The number of aryl methyl sites for hydroxylation is 1. The molecule has 0 atom stereocenters. The molecule has 0 unspecified atom stereocenters. The molecule has 1 amide bonds. The van der Waals surface area contributed by atoms with Gasteiger partial charge in [0.15, 0.2) is 6.61 Å². The van der Waals surface area contributed by atoms with Crippen LogP contribution in [0.15, 0.2) is 65.6 Å². The van der Waals surface area contributed by atoms with Crippen molar-refractivity contribution >= 4 is 44.8 Å². The molecule has 0 saturated carbocycles. The summed E-state index contributed by atoms with van der Waals surface area (Å²) in [5, 5.41) is 3.44. The minimum atomic E-state index is -3.72. The number of fused-ring (bicyclic) bond motifs is 1. The van der Waals surface area contributed by atoms with Crippen LogP contribution in [-0.2, 0) is 27.8 Å². The third-order valence-corrected chi connectivity index (χ3v) is 7.83. The summed E-state index contributed by atoms with van der Waals surface area (Å²) in [5.41, 5.74) is 3.62. The van der Waals surface area contributed by atoms with E-state index < -0.39 is 10.0 Å². The number of rotatable bonds is 6. The van der Waals surface area contributed by atoms with Crippen molar-refractivity contribution in [1.82, 2.24) is 4.31 Å². The van der Waals surface area contributed by atoms with Gasteiger partial charge in [0.05, 0.1) is 9.92 Å². The number of carbonyl (C=O) groups excluding carboxylic acids is 1. The van der Waals surface area contributed by atoms with E-state index in [9.17, 15) is 13.2 Å². The third kappa shape index (κ3) is 5.33. The molecule has 3 aromatic rings. The Morgan fingerprint density at radius 1 is 1.06 bits per heavy atom. The average Bonchev–Trinajstić information content (AvgIpc) is 2.79. The monoisotopic (exact) mass is 504 g/mol. The van der Waals surface area contributed by atoms with E-state index in [2.05, 4.69) is 5.32 Å². The molecule has 3 aromatic carbocycles. The van der Waals surface area contributed by atoms with E-state index in [1.807, 2.05) is 31.2 Å². The summed E-state index contributed by atoms with van der Waals surface area (Å²) in [4.78, 5) is 12.3. The number of nitrogens with one attached hydrogen (secondary N) is 1. The summed E-state index contributed by atoms with van der Waals surface area (Å²) < 4.78 is 33.2. The van der Waals surface area contributed by atoms with Crippen molar-refractivity contribution in [3.8, 4) is 5.75 Å². The van der Waals surface area contributed by atoms with Crippen molar-refractivity contribution in [3.05, 3.63) is 87.4 Å². The minimum absolute atomic E-state index is 0.0838. The van der Waals surface area contributed by atoms with Crippen LogP contribution < -0.4 is 10.1 Å². The van der Waals surface area contributed by atoms with Crippen LogP contribution in [0.2, 0.25) is 10.0 Å². The maximum absolute atomic E-state index is 13.1. The standard InChI is InChI=1S/C24H22Cl2N2O4S/c1-16-12-19(25)6-8-22(16)27-24(29)15-32-23-9-7-20(13-21(23)26)33(30,31)28-11-10-17-4-2-3-5-18(17)14-28/h2-9,12-13H,10-11,14-15H2,1H3,(H,27,29). The van der Waals surface area contributed by atoms with Crippen molar-refractivity contribution in [3.63, 3.8) is 0 Å². The fraction of sp³-hybridized carbons (Fsp3) is 0.208. The van der Waals surface area contributed by atoms with E-state index in [-0.39, 0.29) is 28.2 Å². The Labute approximate surface area is 203 Å². The number of anilines is 1. The highest BCUT2D eigenvalue weighted by Gasteiger charge is 2.28. The Morgan fingerprint density at radius 3 is 2.55 bits per heavy atom. The molecule has 1 N–H and O–H groups in total. The minimum Gasteiger partial charge on any atom is -0.482 e. The van der Waals surface area contributed by atoms with E-state index >= 15 is 0 Å². The van der Waals surface area contributed by atoms with E-state index in [0.717, 1.165) is 16.7 Å². The van der Waals surface area contributed by atoms with Crippen molar-refractivity contribution in [2.45, 2.75) is 24.8 Å². The number of sulfonamides is 1. The Balaban J connectivity index is 1.42. The maximum atomic E-state index is 13.1. The summed E-state index contributed by atoms with van der Waals surface area (Å²) >= 11 is 12.2. The van der Waals surface area contributed by atoms with Gasteiger partial charge in [0.1, 0.15) is 5.75 Å². The zero-order valence-electron chi connectivity index (χ0n) is 17.8. The number of hydrogen-bond acceptors (Lipinski definition) is 4. The number of halogens is 2. The first kappa shape index (κ1) is 23.6. The molecule has 4 rings (SSSR count). The molecule has 33 heavy (non-hydrogen) atoms. The first-order valence-corrected chi connectivity index (χ1v) is 12.5. The van der Waals surface area contributed by atoms with Crippen molar-refractivity contribution in [1.29, 1.82) is 0 Å². The molecule has 172 valence electrons. The largest absolute Gasteiger partial charge is 0.482 e.